The monoisotopic (exact) mass is 299 g/mol. The van der Waals surface area contributed by atoms with Crippen LogP contribution in [0.4, 0.5) is 4.39 Å². The molecule has 0 spiro atoms. The molecule has 0 unspecified atom stereocenters. The van der Waals surface area contributed by atoms with Gasteiger partial charge in [-0.25, -0.2) is 9.18 Å². The molecule has 1 aromatic rings. The van der Waals surface area contributed by atoms with Crippen LogP contribution in [0, 0.1) is 5.82 Å². The van der Waals surface area contributed by atoms with E-state index in [4.69, 9.17) is 4.74 Å². The van der Waals surface area contributed by atoms with Gasteiger partial charge < -0.3 is 4.74 Å². The van der Waals surface area contributed by atoms with E-state index in [1.54, 1.807) is 12.1 Å². The maximum absolute atomic E-state index is 14.0. The number of methoxy groups -OCH3 is 1. The second kappa shape index (κ2) is 4.59. The second-order valence-corrected chi connectivity index (χ2v) is 4.88. The summed E-state index contributed by atoms with van der Waals surface area (Å²) >= 11 is 3.31. The summed E-state index contributed by atoms with van der Waals surface area (Å²) in [6.45, 7) is 0. The minimum atomic E-state index is -0.791. The van der Waals surface area contributed by atoms with Crippen molar-refractivity contribution in [2.75, 3.05) is 7.11 Å². The molecule has 1 aliphatic carbocycles. The molecule has 1 aromatic carbocycles. The fraction of sp³-hybridized carbons (Fsp3) is 0.417. The third kappa shape index (κ3) is 1.90. The third-order valence-corrected chi connectivity index (χ3v) is 3.79. The standard InChI is InChI=1S/C12H11BrFNO2/c1-17-11-8(13)3-4-9(14)10(11)12(15-7-16)5-2-6-12/h3-4H,2,5-6H2,1H3. The molecule has 3 nitrogen and oxygen atoms in total. The molecule has 90 valence electrons. The molecule has 0 heterocycles. The molecule has 1 fully saturated rings. The molecule has 0 N–H and O–H groups in total. The Morgan fingerprint density at radius 2 is 2.24 bits per heavy atom. The highest BCUT2D eigenvalue weighted by Gasteiger charge is 2.43. The lowest BCUT2D eigenvalue weighted by molar-refractivity contribution is 0.237. The Bertz CT molecular complexity index is 494. The third-order valence-electron chi connectivity index (χ3n) is 3.17. The Labute approximate surface area is 107 Å². The van der Waals surface area contributed by atoms with Gasteiger partial charge in [-0.05, 0) is 47.3 Å². The van der Waals surface area contributed by atoms with E-state index in [0.29, 0.717) is 28.6 Å². The quantitative estimate of drug-likeness (QED) is 0.634. The molecule has 17 heavy (non-hydrogen) atoms. The highest BCUT2D eigenvalue weighted by molar-refractivity contribution is 9.10. The molecule has 1 aliphatic rings. The van der Waals surface area contributed by atoms with Crippen LogP contribution in [0.1, 0.15) is 24.8 Å². The molecule has 0 bridgehead atoms. The van der Waals surface area contributed by atoms with Crippen LogP contribution in [0.15, 0.2) is 21.6 Å². The Morgan fingerprint density at radius 3 is 2.71 bits per heavy atom. The Kier molecular flexibility index (Phi) is 3.31. The number of hydrogen-bond donors (Lipinski definition) is 0. The number of halogens is 2. The molecular formula is C12H11BrFNO2. The average Bonchev–Trinajstić information content (AvgIpc) is 2.27. The number of carbonyl (C=O) groups excluding carboxylic acids is 1. The van der Waals surface area contributed by atoms with E-state index in [1.807, 2.05) is 0 Å². The lowest BCUT2D eigenvalue weighted by Gasteiger charge is -2.38. The van der Waals surface area contributed by atoms with Crippen LogP contribution in [-0.2, 0) is 10.3 Å². The topological polar surface area (TPSA) is 38.7 Å². The van der Waals surface area contributed by atoms with Crippen molar-refractivity contribution in [1.82, 2.24) is 0 Å². The van der Waals surface area contributed by atoms with Crippen molar-refractivity contribution >= 4 is 22.0 Å². The molecule has 5 heteroatoms. The Hall–Kier alpha value is -1.19. The lowest BCUT2D eigenvalue weighted by atomic mass is 9.72. The van der Waals surface area contributed by atoms with E-state index in [0.717, 1.165) is 6.42 Å². The van der Waals surface area contributed by atoms with Gasteiger partial charge in [0.1, 0.15) is 17.1 Å². The van der Waals surface area contributed by atoms with Crippen molar-refractivity contribution in [1.29, 1.82) is 0 Å². The maximum Gasteiger partial charge on any atom is 0.235 e. The number of ether oxygens (including phenoxy) is 1. The van der Waals surface area contributed by atoms with Crippen LogP contribution in [0.3, 0.4) is 0 Å². The average molecular weight is 300 g/mol. The van der Waals surface area contributed by atoms with Crippen molar-refractivity contribution in [3.8, 4) is 5.75 Å². The Morgan fingerprint density at radius 1 is 1.53 bits per heavy atom. The highest BCUT2D eigenvalue weighted by atomic mass is 79.9. The van der Waals surface area contributed by atoms with Gasteiger partial charge in [0, 0.05) is 0 Å². The van der Waals surface area contributed by atoms with Gasteiger partial charge in [0.2, 0.25) is 6.08 Å². The van der Waals surface area contributed by atoms with Crippen LogP contribution in [0.5, 0.6) is 5.75 Å². The first kappa shape index (κ1) is 12.3. The summed E-state index contributed by atoms with van der Waals surface area (Å²) in [6, 6.07) is 2.93. The normalized spacial score (nSPS) is 16.9. The summed E-state index contributed by atoms with van der Waals surface area (Å²) in [4.78, 5) is 14.3. The van der Waals surface area contributed by atoms with Gasteiger partial charge >= 0.3 is 0 Å². The van der Waals surface area contributed by atoms with Crippen molar-refractivity contribution in [2.24, 2.45) is 4.99 Å². The summed E-state index contributed by atoms with van der Waals surface area (Å²) in [5.41, 5.74) is -0.440. The van der Waals surface area contributed by atoms with Crippen LogP contribution in [0.2, 0.25) is 0 Å². The van der Waals surface area contributed by atoms with E-state index in [-0.39, 0.29) is 0 Å². The number of benzene rings is 1. The fourth-order valence-electron chi connectivity index (χ4n) is 2.18. The van der Waals surface area contributed by atoms with Gasteiger partial charge in [-0.3, -0.25) is 0 Å². The molecule has 1 saturated carbocycles. The Balaban J connectivity index is 2.64. The van der Waals surface area contributed by atoms with Crippen molar-refractivity contribution in [3.63, 3.8) is 0 Å². The summed E-state index contributed by atoms with van der Waals surface area (Å²) in [5, 5.41) is 0. The number of hydrogen-bond acceptors (Lipinski definition) is 3. The first-order valence-corrected chi connectivity index (χ1v) is 6.05. The molecule has 0 amide bonds. The lowest BCUT2D eigenvalue weighted by Crippen LogP contribution is -2.33. The molecular weight excluding hydrogens is 289 g/mol. The molecule has 0 saturated heterocycles. The van der Waals surface area contributed by atoms with Crippen LogP contribution >= 0.6 is 15.9 Å². The minimum Gasteiger partial charge on any atom is -0.495 e. The first-order chi connectivity index (χ1) is 8.14. The summed E-state index contributed by atoms with van der Waals surface area (Å²) < 4.78 is 19.8. The predicted octanol–water partition coefficient (Wildman–Crippen LogP) is 3.31. The van der Waals surface area contributed by atoms with Crippen molar-refractivity contribution < 1.29 is 13.9 Å². The highest BCUT2D eigenvalue weighted by Crippen LogP contribution is 2.50. The van der Waals surface area contributed by atoms with Crippen molar-refractivity contribution in [2.45, 2.75) is 24.8 Å². The number of rotatable bonds is 3. The summed E-state index contributed by atoms with van der Waals surface area (Å²) in [7, 11) is 1.47. The van der Waals surface area contributed by atoms with E-state index in [2.05, 4.69) is 20.9 Å². The van der Waals surface area contributed by atoms with Gasteiger partial charge in [-0.15, -0.1) is 0 Å². The van der Waals surface area contributed by atoms with E-state index >= 15 is 0 Å². The zero-order valence-electron chi connectivity index (χ0n) is 9.30. The number of isocyanates is 1. The maximum atomic E-state index is 14.0. The van der Waals surface area contributed by atoms with Crippen LogP contribution in [0.25, 0.3) is 0 Å². The molecule has 0 atom stereocenters. The van der Waals surface area contributed by atoms with E-state index in [9.17, 15) is 9.18 Å². The van der Waals surface area contributed by atoms with Crippen LogP contribution in [-0.4, -0.2) is 13.2 Å². The second-order valence-electron chi connectivity index (χ2n) is 4.03. The smallest absolute Gasteiger partial charge is 0.235 e. The zero-order valence-corrected chi connectivity index (χ0v) is 10.9. The minimum absolute atomic E-state index is 0.351. The summed E-state index contributed by atoms with van der Waals surface area (Å²) in [6.07, 6.45) is 3.75. The molecule has 0 aromatic heterocycles. The van der Waals surface area contributed by atoms with Gasteiger partial charge in [0.05, 0.1) is 17.1 Å². The molecule has 2 rings (SSSR count). The van der Waals surface area contributed by atoms with Gasteiger partial charge in [0.15, 0.2) is 0 Å². The SMILES string of the molecule is COc1c(Br)ccc(F)c1C1(N=C=O)CCC1. The fourth-order valence-corrected chi connectivity index (χ4v) is 2.68. The van der Waals surface area contributed by atoms with Gasteiger partial charge in [-0.1, -0.05) is 0 Å². The van der Waals surface area contributed by atoms with E-state index < -0.39 is 11.4 Å². The number of nitrogens with zero attached hydrogens (tertiary/aromatic N) is 1. The molecule has 0 aliphatic heterocycles. The summed E-state index contributed by atoms with van der Waals surface area (Å²) in [5.74, 6) is 0.00690. The van der Waals surface area contributed by atoms with Gasteiger partial charge in [0.25, 0.3) is 0 Å². The predicted molar refractivity (Wildman–Crippen MR) is 64.3 cm³/mol. The molecule has 0 radical (unpaired) electrons. The number of aliphatic imine (C=N–C) groups is 1. The largest absolute Gasteiger partial charge is 0.495 e. The first-order valence-electron chi connectivity index (χ1n) is 5.26. The van der Waals surface area contributed by atoms with E-state index in [1.165, 1.54) is 13.2 Å². The van der Waals surface area contributed by atoms with Crippen molar-refractivity contribution in [3.05, 3.63) is 28.0 Å². The zero-order chi connectivity index (χ0) is 12.5. The van der Waals surface area contributed by atoms with Gasteiger partial charge in [-0.2, -0.15) is 4.99 Å². The van der Waals surface area contributed by atoms with Crippen LogP contribution < -0.4 is 4.74 Å².